The van der Waals surface area contributed by atoms with Crippen LogP contribution in [0.2, 0.25) is 0 Å². The average Bonchev–Trinajstić information content (AvgIpc) is 2.83. The van der Waals surface area contributed by atoms with Gasteiger partial charge in [-0.25, -0.2) is 4.98 Å². The van der Waals surface area contributed by atoms with Crippen molar-refractivity contribution in [1.82, 2.24) is 14.9 Å². The SMILES string of the molecule is CCOc1cccc(-n2cnc3c2CCNC3)c1. The minimum absolute atomic E-state index is 0.690. The first-order valence-electron chi connectivity index (χ1n) is 6.37. The highest BCUT2D eigenvalue weighted by atomic mass is 16.5. The van der Waals surface area contributed by atoms with Gasteiger partial charge in [0.25, 0.3) is 0 Å². The molecule has 1 aromatic heterocycles. The topological polar surface area (TPSA) is 39.1 Å². The molecule has 0 atom stereocenters. The van der Waals surface area contributed by atoms with Crippen molar-refractivity contribution in [3.8, 4) is 11.4 Å². The van der Waals surface area contributed by atoms with Crippen LogP contribution in [0, 0.1) is 0 Å². The number of rotatable bonds is 3. The fourth-order valence-corrected chi connectivity index (χ4v) is 2.35. The van der Waals surface area contributed by atoms with Crippen molar-refractivity contribution in [3.05, 3.63) is 42.0 Å². The molecule has 0 saturated carbocycles. The predicted octanol–water partition coefficient (Wildman–Crippen LogP) is 1.92. The molecule has 0 radical (unpaired) electrons. The van der Waals surface area contributed by atoms with Crippen molar-refractivity contribution >= 4 is 0 Å². The fraction of sp³-hybridized carbons (Fsp3) is 0.357. The fourth-order valence-electron chi connectivity index (χ4n) is 2.35. The van der Waals surface area contributed by atoms with Crippen molar-refractivity contribution < 1.29 is 4.74 Å². The Bertz CT molecular complexity index is 548. The van der Waals surface area contributed by atoms with Crippen LogP contribution in [-0.2, 0) is 13.0 Å². The first kappa shape index (κ1) is 11.3. The van der Waals surface area contributed by atoms with Gasteiger partial charge in [0.1, 0.15) is 5.75 Å². The molecular weight excluding hydrogens is 226 g/mol. The van der Waals surface area contributed by atoms with Gasteiger partial charge in [-0.05, 0) is 19.1 Å². The number of imidazole rings is 1. The summed E-state index contributed by atoms with van der Waals surface area (Å²) in [5.74, 6) is 0.909. The third-order valence-electron chi connectivity index (χ3n) is 3.19. The molecule has 1 aliphatic rings. The summed E-state index contributed by atoms with van der Waals surface area (Å²) in [6, 6.07) is 8.16. The Labute approximate surface area is 107 Å². The lowest BCUT2D eigenvalue weighted by atomic mass is 10.1. The minimum Gasteiger partial charge on any atom is -0.494 e. The monoisotopic (exact) mass is 243 g/mol. The van der Waals surface area contributed by atoms with E-state index in [1.807, 2.05) is 25.4 Å². The van der Waals surface area contributed by atoms with Crippen molar-refractivity contribution in [3.63, 3.8) is 0 Å². The van der Waals surface area contributed by atoms with E-state index < -0.39 is 0 Å². The van der Waals surface area contributed by atoms with E-state index in [1.165, 1.54) is 5.69 Å². The van der Waals surface area contributed by atoms with Crippen molar-refractivity contribution in [2.24, 2.45) is 0 Å². The zero-order valence-electron chi connectivity index (χ0n) is 10.5. The predicted molar refractivity (Wildman–Crippen MR) is 70.1 cm³/mol. The van der Waals surface area contributed by atoms with Gasteiger partial charge in [0.2, 0.25) is 0 Å². The molecule has 4 nitrogen and oxygen atoms in total. The molecule has 1 N–H and O–H groups in total. The molecule has 1 aliphatic heterocycles. The van der Waals surface area contributed by atoms with Crippen LogP contribution in [0.4, 0.5) is 0 Å². The summed E-state index contributed by atoms with van der Waals surface area (Å²) in [4.78, 5) is 4.47. The van der Waals surface area contributed by atoms with E-state index in [4.69, 9.17) is 4.74 Å². The Morgan fingerprint density at radius 3 is 3.28 bits per heavy atom. The van der Waals surface area contributed by atoms with Crippen LogP contribution >= 0.6 is 0 Å². The molecule has 0 fully saturated rings. The summed E-state index contributed by atoms with van der Waals surface area (Å²) in [6.45, 7) is 4.57. The van der Waals surface area contributed by atoms with Crippen LogP contribution in [0.5, 0.6) is 5.75 Å². The number of nitrogens with one attached hydrogen (secondary N) is 1. The highest BCUT2D eigenvalue weighted by Crippen LogP contribution is 2.21. The zero-order chi connectivity index (χ0) is 12.4. The third-order valence-corrected chi connectivity index (χ3v) is 3.19. The zero-order valence-corrected chi connectivity index (χ0v) is 10.5. The summed E-state index contributed by atoms with van der Waals surface area (Å²) in [6.07, 6.45) is 2.93. The molecule has 3 rings (SSSR count). The maximum absolute atomic E-state index is 5.54. The summed E-state index contributed by atoms with van der Waals surface area (Å²) >= 11 is 0. The average molecular weight is 243 g/mol. The molecule has 4 heteroatoms. The highest BCUT2D eigenvalue weighted by molar-refractivity contribution is 5.41. The first-order chi connectivity index (χ1) is 8.88. The summed E-state index contributed by atoms with van der Waals surface area (Å²) < 4.78 is 7.71. The standard InChI is InChI=1S/C14H17N3O/c1-2-18-12-5-3-4-11(8-12)17-10-16-13-9-15-7-6-14(13)17/h3-5,8,10,15H,2,6-7,9H2,1H3. The smallest absolute Gasteiger partial charge is 0.121 e. The molecule has 0 bridgehead atoms. The number of nitrogens with zero attached hydrogens (tertiary/aromatic N) is 2. The Kier molecular flexibility index (Phi) is 3.02. The third kappa shape index (κ3) is 1.99. The van der Waals surface area contributed by atoms with E-state index in [0.29, 0.717) is 6.61 Å². The Hall–Kier alpha value is -1.81. The van der Waals surface area contributed by atoms with E-state index in [0.717, 1.165) is 36.6 Å². The number of fused-ring (bicyclic) bond motifs is 1. The highest BCUT2D eigenvalue weighted by Gasteiger charge is 2.15. The van der Waals surface area contributed by atoms with Gasteiger partial charge >= 0.3 is 0 Å². The Morgan fingerprint density at radius 1 is 1.44 bits per heavy atom. The van der Waals surface area contributed by atoms with Crippen LogP contribution in [-0.4, -0.2) is 22.7 Å². The number of hydrogen-bond acceptors (Lipinski definition) is 3. The van der Waals surface area contributed by atoms with Crippen LogP contribution in [0.1, 0.15) is 18.3 Å². The normalized spacial score (nSPS) is 14.3. The lowest BCUT2D eigenvalue weighted by molar-refractivity contribution is 0.340. The molecule has 2 aromatic rings. The van der Waals surface area contributed by atoms with E-state index in [9.17, 15) is 0 Å². The van der Waals surface area contributed by atoms with Crippen molar-refractivity contribution in [2.45, 2.75) is 19.9 Å². The first-order valence-corrected chi connectivity index (χ1v) is 6.37. The quantitative estimate of drug-likeness (QED) is 0.895. The maximum Gasteiger partial charge on any atom is 0.121 e. The summed E-state index contributed by atoms with van der Waals surface area (Å²) in [5.41, 5.74) is 3.59. The summed E-state index contributed by atoms with van der Waals surface area (Å²) in [7, 11) is 0. The minimum atomic E-state index is 0.690. The Balaban J connectivity index is 1.99. The molecule has 94 valence electrons. The number of hydrogen-bond donors (Lipinski definition) is 1. The van der Waals surface area contributed by atoms with E-state index in [2.05, 4.69) is 27.0 Å². The van der Waals surface area contributed by atoms with Crippen LogP contribution < -0.4 is 10.1 Å². The van der Waals surface area contributed by atoms with E-state index in [-0.39, 0.29) is 0 Å². The lowest BCUT2D eigenvalue weighted by Crippen LogP contribution is -2.24. The molecule has 18 heavy (non-hydrogen) atoms. The van der Waals surface area contributed by atoms with E-state index in [1.54, 1.807) is 0 Å². The number of ether oxygens (including phenoxy) is 1. The second kappa shape index (κ2) is 4.82. The van der Waals surface area contributed by atoms with Gasteiger partial charge in [-0.15, -0.1) is 0 Å². The van der Waals surface area contributed by atoms with Crippen molar-refractivity contribution in [1.29, 1.82) is 0 Å². The van der Waals surface area contributed by atoms with Gasteiger partial charge in [-0.1, -0.05) is 6.07 Å². The number of aromatic nitrogens is 2. The summed E-state index contributed by atoms with van der Waals surface area (Å²) in [5, 5.41) is 3.34. The largest absolute Gasteiger partial charge is 0.494 e. The number of benzene rings is 1. The molecule has 0 unspecified atom stereocenters. The van der Waals surface area contributed by atoms with E-state index >= 15 is 0 Å². The molecule has 2 heterocycles. The van der Waals surface area contributed by atoms with Gasteiger partial charge in [-0.2, -0.15) is 0 Å². The van der Waals surface area contributed by atoms with Gasteiger partial charge < -0.3 is 14.6 Å². The van der Waals surface area contributed by atoms with Crippen LogP contribution in [0.3, 0.4) is 0 Å². The lowest BCUT2D eigenvalue weighted by Gasteiger charge is -2.15. The maximum atomic E-state index is 5.54. The van der Waals surface area contributed by atoms with Crippen molar-refractivity contribution in [2.75, 3.05) is 13.2 Å². The van der Waals surface area contributed by atoms with Gasteiger partial charge in [-0.3, -0.25) is 0 Å². The molecule has 0 saturated heterocycles. The van der Waals surface area contributed by atoms with Gasteiger partial charge in [0.05, 0.1) is 24.3 Å². The second-order valence-electron chi connectivity index (χ2n) is 4.37. The Morgan fingerprint density at radius 2 is 2.39 bits per heavy atom. The molecule has 0 aliphatic carbocycles. The molecule has 0 spiro atoms. The van der Waals surface area contributed by atoms with Crippen LogP contribution in [0.25, 0.3) is 5.69 Å². The molecule has 1 aromatic carbocycles. The van der Waals surface area contributed by atoms with Crippen LogP contribution in [0.15, 0.2) is 30.6 Å². The second-order valence-corrected chi connectivity index (χ2v) is 4.37. The van der Waals surface area contributed by atoms with Gasteiger partial charge in [0, 0.05) is 31.3 Å². The molecular formula is C14H17N3O. The molecule has 0 amide bonds. The van der Waals surface area contributed by atoms with Gasteiger partial charge in [0.15, 0.2) is 0 Å².